The van der Waals surface area contributed by atoms with Gasteiger partial charge >= 0.3 is 0 Å². The Balaban J connectivity index is 1.07. The Morgan fingerprint density at radius 2 is 0.763 bits per heavy atom. The van der Waals surface area contributed by atoms with Crippen LogP contribution in [0.4, 0.5) is 17.1 Å². The van der Waals surface area contributed by atoms with Crippen LogP contribution in [-0.4, -0.2) is 104 Å². The molecule has 1 aliphatic carbocycles. The highest BCUT2D eigenvalue weighted by Crippen LogP contribution is 2.55. The number of aromatic nitrogens is 2. The van der Waals surface area contributed by atoms with Crippen LogP contribution in [0.25, 0.3) is 66.1 Å². The third-order valence-electron chi connectivity index (χ3n) is 15.0. The van der Waals surface area contributed by atoms with Gasteiger partial charge in [-0.15, -0.1) is 0 Å². The lowest BCUT2D eigenvalue weighted by Gasteiger charge is -2.34. The van der Waals surface area contributed by atoms with Crippen molar-refractivity contribution in [3.63, 3.8) is 0 Å². The number of fused-ring (bicyclic) bond motifs is 9. The number of benzene rings is 8. The van der Waals surface area contributed by atoms with Crippen molar-refractivity contribution in [3.8, 4) is 34.0 Å². The highest BCUT2D eigenvalue weighted by molar-refractivity contribution is 6.12. The first-order chi connectivity index (χ1) is 37.5. The third-order valence-corrected chi connectivity index (χ3v) is 15.0. The van der Waals surface area contributed by atoms with Gasteiger partial charge in [0.25, 0.3) is 0 Å². The molecule has 0 saturated carbocycles. The molecule has 0 aliphatic heterocycles. The summed E-state index contributed by atoms with van der Waals surface area (Å²) in [5, 5.41) is 4.65. The second-order valence-electron chi connectivity index (χ2n) is 19.1. The molecule has 0 fully saturated rings. The Morgan fingerprint density at radius 1 is 0.355 bits per heavy atom. The molecule has 0 unspecified atom stereocenters. The molecule has 2 heterocycles. The van der Waals surface area contributed by atoms with E-state index in [4.69, 9.17) is 37.9 Å². The summed E-state index contributed by atoms with van der Waals surface area (Å²) in [6, 6.07) is 63.7. The number of methoxy groups -OCH3 is 4. The Kier molecular flexibility index (Phi) is 15.5. The zero-order chi connectivity index (χ0) is 51.8. The lowest BCUT2D eigenvalue weighted by Crippen LogP contribution is -2.30. The molecule has 11 nitrogen and oxygen atoms in total. The smallest absolute Gasteiger partial charge is 0.119 e. The number of hydrogen-bond acceptors (Lipinski definition) is 9. The maximum atomic E-state index is 6.41. The fourth-order valence-electron chi connectivity index (χ4n) is 11.3. The van der Waals surface area contributed by atoms with E-state index in [0.29, 0.717) is 66.1 Å². The van der Waals surface area contributed by atoms with Gasteiger partial charge in [-0.1, -0.05) is 66.7 Å². The van der Waals surface area contributed by atoms with Gasteiger partial charge in [0.15, 0.2) is 0 Å². The number of rotatable bonds is 25. The van der Waals surface area contributed by atoms with E-state index in [0.717, 1.165) is 85.6 Å². The van der Waals surface area contributed by atoms with Gasteiger partial charge in [-0.05, 0) is 144 Å². The van der Waals surface area contributed by atoms with Gasteiger partial charge in [0.1, 0.15) is 11.5 Å². The van der Waals surface area contributed by atoms with E-state index in [9.17, 15) is 0 Å². The minimum atomic E-state index is -0.424. The molecule has 8 aromatic carbocycles. The van der Waals surface area contributed by atoms with Gasteiger partial charge in [-0.25, -0.2) is 0 Å². The molecule has 11 rings (SSSR count). The zero-order valence-electron chi connectivity index (χ0n) is 43.8. The summed E-state index contributed by atoms with van der Waals surface area (Å²) in [5.41, 5.74) is 14.3. The molecule has 0 amide bonds. The quantitative estimate of drug-likeness (QED) is 0.0520. The molecular formula is C65H65N3O8. The van der Waals surface area contributed by atoms with Crippen LogP contribution in [0.5, 0.6) is 11.5 Å². The first-order valence-corrected chi connectivity index (χ1v) is 26.2. The third kappa shape index (κ3) is 9.82. The van der Waals surface area contributed by atoms with Crippen molar-refractivity contribution in [2.75, 3.05) is 99.4 Å². The van der Waals surface area contributed by atoms with E-state index in [2.05, 4.69) is 166 Å². The van der Waals surface area contributed by atoms with Crippen LogP contribution in [0.15, 0.2) is 176 Å². The van der Waals surface area contributed by atoms with E-state index >= 15 is 0 Å². The predicted octanol–water partition coefficient (Wildman–Crippen LogP) is 13.8. The Morgan fingerprint density at radius 3 is 1.26 bits per heavy atom. The van der Waals surface area contributed by atoms with Crippen LogP contribution in [0, 0.1) is 0 Å². The summed E-state index contributed by atoms with van der Waals surface area (Å²) in [5.74, 6) is 1.64. The van der Waals surface area contributed by atoms with Gasteiger partial charge in [0.2, 0.25) is 0 Å². The molecule has 0 saturated heterocycles. The lowest BCUT2D eigenvalue weighted by atomic mass is 9.73. The van der Waals surface area contributed by atoms with Crippen LogP contribution in [0.3, 0.4) is 0 Å². The van der Waals surface area contributed by atoms with Crippen LogP contribution in [-0.2, 0) is 33.8 Å². The monoisotopic (exact) mass is 1020 g/mol. The second kappa shape index (κ2) is 23.2. The summed E-state index contributed by atoms with van der Waals surface area (Å²) in [6.07, 6.45) is 1.50. The van der Waals surface area contributed by atoms with E-state index in [1.54, 1.807) is 28.4 Å². The molecule has 1 aliphatic rings. The molecular weight excluding hydrogens is 951 g/mol. The van der Waals surface area contributed by atoms with Gasteiger partial charge in [0, 0.05) is 82.8 Å². The fourth-order valence-corrected chi connectivity index (χ4v) is 11.3. The summed E-state index contributed by atoms with van der Waals surface area (Å²) in [6.45, 7) is 5.24. The first-order valence-electron chi connectivity index (χ1n) is 26.2. The Bertz CT molecular complexity index is 3400. The van der Waals surface area contributed by atoms with Crippen molar-refractivity contribution < 1.29 is 37.9 Å². The topological polar surface area (TPSA) is 86.9 Å². The van der Waals surface area contributed by atoms with Crippen molar-refractivity contribution in [1.82, 2.24) is 9.13 Å². The van der Waals surface area contributed by atoms with Crippen LogP contribution in [0.2, 0.25) is 0 Å². The Labute approximate surface area is 444 Å². The van der Waals surface area contributed by atoms with E-state index in [1.165, 1.54) is 33.0 Å². The standard InChI is InChI=1S/C65H65N3O8/c1-69-35-37-75-41-39-73-33-31-65(32-34-74-40-42-76-38-36-70-2)59-14-8-5-11-53(59)54-28-21-50(45-60(54)65)66(48-22-29-63-57(43-48)55-12-6-9-15-61(55)67(63)46-17-24-51(71-3)25-18-46)49-23-30-64-58(44-49)56-13-7-10-16-62(56)68(64)47-19-26-52(72-4)27-20-47/h5-30,43-45H,31-42H2,1-4H3. The second-order valence-corrected chi connectivity index (χ2v) is 19.1. The molecule has 0 N–H and O–H groups in total. The van der Waals surface area contributed by atoms with Crippen molar-refractivity contribution in [1.29, 1.82) is 0 Å². The molecule has 0 spiro atoms. The average molecular weight is 1020 g/mol. The SMILES string of the molecule is COCCOCCOCCC1(CCOCCOCCOC)c2ccccc2-c2ccc(N(c3ccc4c(c3)c3ccccc3n4-c3ccc(OC)cc3)c3ccc4c(c3)c3ccccc3n4-c3ccc(OC)cc3)cc21. The minimum absolute atomic E-state index is 0.424. The maximum absolute atomic E-state index is 6.41. The van der Waals surface area contributed by atoms with Crippen molar-refractivity contribution in [2.45, 2.75) is 18.3 Å². The largest absolute Gasteiger partial charge is 0.497 e. The van der Waals surface area contributed by atoms with E-state index < -0.39 is 5.41 Å². The highest BCUT2D eigenvalue weighted by atomic mass is 16.5. The molecule has 76 heavy (non-hydrogen) atoms. The molecule has 388 valence electrons. The normalized spacial score (nSPS) is 12.7. The summed E-state index contributed by atoms with van der Waals surface area (Å²) in [7, 11) is 6.78. The van der Waals surface area contributed by atoms with Crippen LogP contribution < -0.4 is 14.4 Å². The minimum Gasteiger partial charge on any atom is -0.497 e. The highest BCUT2D eigenvalue weighted by Gasteiger charge is 2.43. The number of anilines is 3. The van der Waals surface area contributed by atoms with Gasteiger partial charge in [-0.3, -0.25) is 0 Å². The molecule has 0 atom stereocenters. The summed E-state index contributed by atoms with van der Waals surface area (Å²) < 4.78 is 50.6. The van der Waals surface area contributed by atoms with Gasteiger partial charge in [-0.2, -0.15) is 0 Å². The van der Waals surface area contributed by atoms with Crippen molar-refractivity contribution in [2.24, 2.45) is 0 Å². The average Bonchev–Trinajstić information content (AvgIpc) is 4.09. The molecule has 11 heteroatoms. The first kappa shape index (κ1) is 50.7. The van der Waals surface area contributed by atoms with Gasteiger partial charge < -0.3 is 51.9 Å². The maximum Gasteiger partial charge on any atom is 0.119 e. The van der Waals surface area contributed by atoms with E-state index in [-0.39, 0.29) is 0 Å². The van der Waals surface area contributed by atoms with Crippen molar-refractivity contribution >= 4 is 60.7 Å². The number of hydrogen-bond donors (Lipinski definition) is 0. The van der Waals surface area contributed by atoms with Crippen LogP contribution in [0.1, 0.15) is 24.0 Å². The zero-order valence-corrected chi connectivity index (χ0v) is 43.8. The van der Waals surface area contributed by atoms with Gasteiger partial charge in [0.05, 0.1) is 89.1 Å². The number of nitrogens with zero attached hydrogens (tertiary/aromatic N) is 3. The summed E-state index contributed by atoms with van der Waals surface area (Å²) in [4.78, 5) is 2.44. The lowest BCUT2D eigenvalue weighted by molar-refractivity contribution is 0.0145. The van der Waals surface area contributed by atoms with E-state index in [1.807, 2.05) is 24.3 Å². The Hall–Kier alpha value is -7.48. The summed E-state index contributed by atoms with van der Waals surface area (Å²) >= 11 is 0. The fraction of sp³-hybridized carbons (Fsp3) is 0.262. The molecule has 10 aromatic rings. The van der Waals surface area contributed by atoms with Crippen molar-refractivity contribution in [3.05, 3.63) is 187 Å². The molecule has 2 aromatic heterocycles. The molecule has 0 bridgehead atoms. The number of para-hydroxylation sites is 2. The molecule has 0 radical (unpaired) electrons. The van der Waals surface area contributed by atoms with Crippen LogP contribution >= 0.6 is 0 Å². The number of ether oxygens (including phenoxy) is 8. The predicted molar refractivity (Wildman–Crippen MR) is 305 cm³/mol.